The first kappa shape index (κ1) is 19.4. The molecule has 1 N–H and O–H groups in total. The van der Waals surface area contributed by atoms with Crippen LogP contribution < -0.4 is 5.32 Å². The monoisotopic (exact) mass is 360 g/mol. The Kier molecular flexibility index (Phi) is 5.59. The molecule has 0 aliphatic carbocycles. The normalized spacial score (nSPS) is 14.8. The quantitative estimate of drug-likeness (QED) is 0.488. The van der Waals surface area contributed by atoms with E-state index in [4.69, 9.17) is 4.74 Å². The van der Waals surface area contributed by atoms with Crippen LogP contribution >= 0.6 is 0 Å². The maximum absolute atomic E-state index is 15.8. The Bertz CT molecular complexity index is 762. The summed E-state index contributed by atoms with van der Waals surface area (Å²) in [5.74, 6) is -3.07. The minimum absolute atomic E-state index is 0.171. The third-order valence-corrected chi connectivity index (χ3v) is 3.62. The molecule has 2 rings (SSSR count). The lowest BCUT2D eigenvalue weighted by Crippen LogP contribution is -2.47. The average molecular weight is 360 g/mol. The predicted octanol–water partition coefficient (Wildman–Crippen LogP) is 4.35. The van der Waals surface area contributed by atoms with Crippen molar-refractivity contribution < 1.29 is 18.8 Å². The number of hydrogen-bond donors (Lipinski definition) is 1. The molecule has 0 aliphatic heterocycles. The van der Waals surface area contributed by atoms with Gasteiger partial charge in [0.1, 0.15) is 5.60 Å². The van der Waals surface area contributed by atoms with Crippen molar-refractivity contribution in [1.82, 2.24) is 5.32 Å². The van der Waals surface area contributed by atoms with E-state index in [-0.39, 0.29) is 11.1 Å². The summed E-state index contributed by atoms with van der Waals surface area (Å²) in [5.41, 5.74) is -0.748. The van der Waals surface area contributed by atoms with Gasteiger partial charge in [0.05, 0.1) is 10.5 Å². The lowest BCUT2D eigenvalue weighted by atomic mass is 9.91. The second-order valence-electron chi connectivity index (χ2n) is 6.79. The van der Waals surface area contributed by atoms with Gasteiger partial charge in [0.15, 0.2) is 6.04 Å². The summed E-state index contributed by atoms with van der Waals surface area (Å²) in [6.45, 7) is 4.95. The second-order valence-corrected chi connectivity index (χ2v) is 6.79. The minimum atomic E-state index is -3.07. The van der Waals surface area contributed by atoms with Crippen molar-refractivity contribution in [3.63, 3.8) is 0 Å². The lowest BCUT2D eigenvalue weighted by molar-refractivity contribution is -0.623. The number of amides is 1. The van der Waals surface area contributed by atoms with E-state index in [0.29, 0.717) is 0 Å². The van der Waals surface area contributed by atoms with Gasteiger partial charge in [0.2, 0.25) is 0 Å². The first-order chi connectivity index (χ1) is 12.1. The van der Waals surface area contributed by atoms with Crippen molar-refractivity contribution in [2.45, 2.75) is 38.2 Å². The van der Waals surface area contributed by atoms with E-state index in [2.05, 4.69) is 5.32 Å². The number of hydrogen-bond acceptors (Lipinski definition) is 4. The van der Waals surface area contributed by atoms with Crippen molar-refractivity contribution in [2.24, 2.45) is 0 Å². The summed E-state index contributed by atoms with van der Waals surface area (Å²) >= 11 is 0. The van der Waals surface area contributed by atoms with Crippen LogP contribution in [0.25, 0.3) is 0 Å². The lowest BCUT2D eigenvalue weighted by Gasteiger charge is -2.29. The van der Waals surface area contributed by atoms with Crippen molar-refractivity contribution in [3.8, 4) is 0 Å². The van der Waals surface area contributed by atoms with Crippen LogP contribution in [0.2, 0.25) is 0 Å². The maximum atomic E-state index is 15.8. The highest BCUT2D eigenvalue weighted by Gasteiger charge is 2.55. The number of halogens is 1. The number of benzene rings is 2. The number of carbonyl (C=O) groups excluding carboxylic acids is 1. The zero-order valence-corrected chi connectivity index (χ0v) is 14.8. The molecule has 0 saturated heterocycles. The van der Waals surface area contributed by atoms with Crippen LogP contribution in [-0.2, 0) is 10.5 Å². The van der Waals surface area contributed by atoms with Crippen molar-refractivity contribution in [2.75, 3.05) is 0 Å². The Morgan fingerprint density at radius 1 is 1.08 bits per heavy atom. The van der Waals surface area contributed by atoms with Crippen LogP contribution in [0.5, 0.6) is 0 Å². The van der Waals surface area contributed by atoms with Gasteiger partial charge < -0.3 is 10.1 Å². The molecular formula is C19H21FN2O4. The van der Waals surface area contributed by atoms with Gasteiger partial charge in [-0.05, 0) is 38.5 Å². The van der Waals surface area contributed by atoms with Gasteiger partial charge in [0.25, 0.3) is 0 Å². The molecule has 7 heteroatoms. The SMILES string of the molecule is CC(C)(C)OC(=O)NC(c1ccccc1)C(F)(c1ccccc1)[N+](=O)[O-]. The van der Waals surface area contributed by atoms with Gasteiger partial charge in [-0.3, -0.25) is 10.1 Å². The highest BCUT2D eigenvalue weighted by atomic mass is 19.1. The molecule has 0 saturated carbocycles. The van der Waals surface area contributed by atoms with E-state index in [1.807, 2.05) is 0 Å². The van der Waals surface area contributed by atoms with Crippen LogP contribution in [0.15, 0.2) is 60.7 Å². The Morgan fingerprint density at radius 3 is 2.04 bits per heavy atom. The fourth-order valence-electron chi connectivity index (χ4n) is 2.52. The highest BCUT2D eigenvalue weighted by Crippen LogP contribution is 2.39. The van der Waals surface area contributed by atoms with Crippen LogP contribution in [0.4, 0.5) is 9.18 Å². The molecule has 138 valence electrons. The molecule has 0 aliphatic rings. The molecule has 0 bridgehead atoms. The fourth-order valence-corrected chi connectivity index (χ4v) is 2.52. The van der Waals surface area contributed by atoms with E-state index in [1.165, 1.54) is 36.4 Å². The molecule has 1 amide bonds. The smallest absolute Gasteiger partial charge is 0.408 e. The zero-order chi connectivity index (χ0) is 19.4. The maximum Gasteiger partial charge on any atom is 0.408 e. The summed E-state index contributed by atoms with van der Waals surface area (Å²) in [6, 6.07) is 13.7. The molecule has 6 nitrogen and oxygen atoms in total. The van der Waals surface area contributed by atoms with Gasteiger partial charge in [-0.2, -0.15) is 4.39 Å². The molecule has 2 atom stereocenters. The standard InChI is InChI=1S/C19H21FN2O4/c1-18(2,3)26-17(23)21-16(14-10-6-4-7-11-14)19(20,22(24)25)15-12-8-5-9-13-15/h4-13,16H,1-3H3,(H,21,23). The number of nitrogens with one attached hydrogen (secondary N) is 1. The summed E-state index contributed by atoms with van der Waals surface area (Å²) in [5, 5.41) is 14.1. The van der Waals surface area contributed by atoms with Crippen molar-refractivity contribution in [3.05, 3.63) is 81.9 Å². The van der Waals surface area contributed by atoms with E-state index >= 15 is 4.39 Å². The van der Waals surface area contributed by atoms with E-state index < -0.39 is 28.5 Å². The predicted molar refractivity (Wildman–Crippen MR) is 94.8 cm³/mol. The summed E-state index contributed by atoms with van der Waals surface area (Å²) in [6.07, 6.45) is -0.939. The number of ether oxygens (including phenoxy) is 1. The molecule has 2 unspecified atom stereocenters. The molecule has 0 fully saturated rings. The first-order valence-corrected chi connectivity index (χ1v) is 8.08. The van der Waals surface area contributed by atoms with Gasteiger partial charge in [-0.15, -0.1) is 0 Å². The number of alkyl carbamates (subject to hydrolysis) is 1. The highest BCUT2D eigenvalue weighted by molar-refractivity contribution is 5.68. The fraction of sp³-hybridized carbons (Fsp3) is 0.316. The summed E-state index contributed by atoms with van der Waals surface area (Å²) < 4.78 is 21.0. The topological polar surface area (TPSA) is 81.5 Å². The third kappa shape index (κ3) is 4.36. The minimum Gasteiger partial charge on any atom is -0.444 e. The van der Waals surface area contributed by atoms with Gasteiger partial charge >= 0.3 is 11.9 Å². The van der Waals surface area contributed by atoms with Crippen LogP contribution in [-0.4, -0.2) is 16.6 Å². The summed E-state index contributed by atoms with van der Waals surface area (Å²) in [7, 11) is 0. The number of alkyl halides is 1. The molecular weight excluding hydrogens is 339 g/mol. The molecule has 0 radical (unpaired) electrons. The molecule has 2 aromatic rings. The molecule has 26 heavy (non-hydrogen) atoms. The van der Waals surface area contributed by atoms with Gasteiger partial charge in [-0.1, -0.05) is 48.5 Å². The molecule has 0 aromatic heterocycles. The van der Waals surface area contributed by atoms with E-state index in [0.717, 1.165) is 0 Å². The van der Waals surface area contributed by atoms with Crippen LogP contribution in [0.1, 0.15) is 37.9 Å². The van der Waals surface area contributed by atoms with Crippen molar-refractivity contribution >= 4 is 6.09 Å². The first-order valence-electron chi connectivity index (χ1n) is 8.08. The van der Waals surface area contributed by atoms with Gasteiger partial charge in [0, 0.05) is 0 Å². The largest absolute Gasteiger partial charge is 0.444 e. The Morgan fingerprint density at radius 2 is 1.58 bits per heavy atom. The summed E-state index contributed by atoms with van der Waals surface area (Å²) in [4.78, 5) is 22.9. The number of nitro groups is 1. The zero-order valence-electron chi connectivity index (χ0n) is 14.8. The molecule has 2 aromatic carbocycles. The van der Waals surface area contributed by atoms with Gasteiger partial charge in [-0.25, -0.2) is 4.79 Å². The average Bonchev–Trinajstić information content (AvgIpc) is 2.59. The second kappa shape index (κ2) is 7.51. The van der Waals surface area contributed by atoms with Crippen molar-refractivity contribution in [1.29, 1.82) is 0 Å². The number of rotatable bonds is 5. The Balaban J connectivity index is 2.51. The Labute approximate surface area is 151 Å². The van der Waals surface area contributed by atoms with E-state index in [1.54, 1.807) is 45.0 Å². The number of nitrogens with zero attached hydrogens (tertiary/aromatic N) is 1. The third-order valence-electron chi connectivity index (χ3n) is 3.62. The van der Waals surface area contributed by atoms with Crippen LogP contribution in [0.3, 0.4) is 0 Å². The molecule has 0 spiro atoms. The number of carbonyl (C=O) groups is 1. The van der Waals surface area contributed by atoms with Crippen LogP contribution in [0, 0.1) is 10.1 Å². The molecule has 0 heterocycles. The van der Waals surface area contributed by atoms with E-state index in [9.17, 15) is 14.9 Å². The Hall–Kier alpha value is -2.96.